The standard InChI is InChI=1S/C15H12BrClN2O2/c16-13-7-11(3-6-14(13)20)9-18-19-15(21)8-10-1-4-12(17)5-2-10/h1-7,9,20H,8H2,(H,19,21)/b18-9-. The molecule has 2 rings (SSSR count). The quantitative estimate of drug-likeness (QED) is 0.642. The number of carbonyl (C=O) groups is 1. The van der Waals surface area contributed by atoms with Crippen LogP contribution in [0.4, 0.5) is 0 Å². The molecule has 0 bridgehead atoms. The molecule has 0 saturated carbocycles. The highest BCUT2D eigenvalue weighted by Crippen LogP contribution is 2.23. The molecule has 0 fully saturated rings. The summed E-state index contributed by atoms with van der Waals surface area (Å²) in [5.41, 5.74) is 4.06. The lowest BCUT2D eigenvalue weighted by Crippen LogP contribution is -2.19. The number of hydrogen-bond acceptors (Lipinski definition) is 3. The minimum absolute atomic E-state index is 0.152. The Balaban J connectivity index is 1.89. The van der Waals surface area contributed by atoms with Crippen LogP contribution in [0.2, 0.25) is 5.02 Å². The number of aromatic hydroxyl groups is 1. The number of nitrogens with zero attached hydrogens (tertiary/aromatic N) is 1. The first kappa shape index (κ1) is 15.5. The van der Waals surface area contributed by atoms with Crippen molar-refractivity contribution in [3.05, 3.63) is 63.1 Å². The Labute approximate surface area is 135 Å². The third kappa shape index (κ3) is 4.88. The van der Waals surface area contributed by atoms with E-state index in [4.69, 9.17) is 11.6 Å². The van der Waals surface area contributed by atoms with E-state index in [0.717, 1.165) is 11.1 Å². The maximum atomic E-state index is 11.7. The van der Waals surface area contributed by atoms with E-state index in [2.05, 4.69) is 26.5 Å². The monoisotopic (exact) mass is 366 g/mol. The van der Waals surface area contributed by atoms with Crippen LogP contribution in [-0.4, -0.2) is 17.2 Å². The van der Waals surface area contributed by atoms with Gasteiger partial charge in [0.25, 0.3) is 0 Å². The fourth-order valence-corrected chi connectivity index (χ4v) is 2.13. The lowest BCUT2D eigenvalue weighted by molar-refractivity contribution is -0.120. The van der Waals surface area contributed by atoms with E-state index in [1.165, 1.54) is 6.21 Å². The van der Waals surface area contributed by atoms with Crippen molar-refractivity contribution >= 4 is 39.7 Å². The summed E-state index contributed by atoms with van der Waals surface area (Å²) >= 11 is 8.98. The molecule has 0 aromatic heterocycles. The van der Waals surface area contributed by atoms with Gasteiger partial charge in [-0.3, -0.25) is 4.79 Å². The molecule has 2 N–H and O–H groups in total. The van der Waals surface area contributed by atoms with Crippen molar-refractivity contribution in [2.45, 2.75) is 6.42 Å². The molecular formula is C15H12BrClN2O2. The third-order valence-electron chi connectivity index (χ3n) is 2.65. The van der Waals surface area contributed by atoms with Gasteiger partial charge in [0.05, 0.1) is 17.1 Å². The number of amides is 1. The first-order chi connectivity index (χ1) is 10.0. The van der Waals surface area contributed by atoms with Gasteiger partial charge in [0.2, 0.25) is 5.91 Å². The number of hydrogen-bond donors (Lipinski definition) is 2. The molecule has 0 saturated heterocycles. The average molecular weight is 368 g/mol. The maximum absolute atomic E-state index is 11.7. The Morgan fingerprint density at radius 1 is 1.29 bits per heavy atom. The van der Waals surface area contributed by atoms with Gasteiger partial charge < -0.3 is 5.11 Å². The largest absolute Gasteiger partial charge is 0.507 e. The topological polar surface area (TPSA) is 61.7 Å². The van der Waals surface area contributed by atoms with Crippen LogP contribution in [0.15, 0.2) is 52.0 Å². The Kier molecular flexibility index (Phi) is 5.36. The number of hydrazone groups is 1. The van der Waals surface area contributed by atoms with Gasteiger partial charge in [-0.05, 0) is 57.4 Å². The molecule has 4 nitrogen and oxygen atoms in total. The first-order valence-electron chi connectivity index (χ1n) is 6.09. The van der Waals surface area contributed by atoms with Crippen molar-refractivity contribution in [1.82, 2.24) is 5.43 Å². The Morgan fingerprint density at radius 3 is 2.67 bits per heavy atom. The zero-order chi connectivity index (χ0) is 15.2. The van der Waals surface area contributed by atoms with Crippen LogP contribution in [0.3, 0.4) is 0 Å². The van der Waals surface area contributed by atoms with Gasteiger partial charge >= 0.3 is 0 Å². The number of phenols is 1. The first-order valence-corrected chi connectivity index (χ1v) is 7.26. The fourth-order valence-electron chi connectivity index (χ4n) is 1.61. The smallest absolute Gasteiger partial charge is 0.244 e. The minimum atomic E-state index is -0.216. The number of phenolic OH excluding ortho intramolecular Hbond substituents is 1. The molecule has 0 atom stereocenters. The van der Waals surface area contributed by atoms with E-state index in [1.54, 1.807) is 42.5 Å². The predicted octanol–water partition coefficient (Wildman–Crippen LogP) is 3.50. The van der Waals surface area contributed by atoms with E-state index in [-0.39, 0.29) is 18.1 Å². The second-order valence-corrected chi connectivity index (χ2v) is 5.60. The van der Waals surface area contributed by atoms with E-state index in [0.29, 0.717) is 9.50 Å². The maximum Gasteiger partial charge on any atom is 0.244 e. The normalized spacial score (nSPS) is 10.8. The van der Waals surface area contributed by atoms with Crippen molar-refractivity contribution in [3.63, 3.8) is 0 Å². The summed E-state index contributed by atoms with van der Waals surface area (Å²) in [6, 6.07) is 12.0. The highest BCUT2D eigenvalue weighted by atomic mass is 79.9. The highest BCUT2D eigenvalue weighted by Gasteiger charge is 2.02. The van der Waals surface area contributed by atoms with E-state index in [9.17, 15) is 9.90 Å². The molecule has 0 aliphatic rings. The number of benzene rings is 2. The molecule has 1 amide bonds. The molecule has 2 aromatic carbocycles. The summed E-state index contributed by atoms with van der Waals surface area (Å²) < 4.78 is 0.568. The van der Waals surface area contributed by atoms with Crippen molar-refractivity contribution in [3.8, 4) is 5.75 Å². The van der Waals surface area contributed by atoms with Crippen molar-refractivity contribution in [2.24, 2.45) is 5.10 Å². The van der Waals surface area contributed by atoms with E-state index >= 15 is 0 Å². The Morgan fingerprint density at radius 2 is 2.00 bits per heavy atom. The van der Waals surface area contributed by atoms with Crippen LogP contribution in [0.1, 0.15) is 11.1 Å². The lowest BCUT2D eigenvalue weighted by Gasteiger charge is -2.01. The van der Waals surface area contributed by atoms with E-state index in [1.807, 2.05) is 0 Å². The molecule has 0 radical (unpaired) electrons. The van der Waals surface area contributed by atoms with Gasteiger partial charge in [-0.15, -0.1) is 0 Å². The summed E-state index contributed by atoms with van der Waals surface area (Å²) in [6.45, 7) is 0. The van der Waals surface area contributed by atoms with Gasteiger partial charge in [0.1, 0.15) is 5.75 Å². The van der Waals surface area contributed by atoms with Crippen LogP contribution in [0.5, 0.6) is 5.75 Å². The van der Waals surface area contributed by atoms with Crippen LogP contribution in [0, 0.1) is 0 Å². The summed E-state index contributed by atoms with van der Waals surface area (Å²) in [5.74, 6) is -0.0645. The number of carbonyl (C=O) groups excluding carboxylic acids is 1. The summed E-state index contributed by atoms with van der Waals surface area (Å²) in [4.78, 5) is 11.7. The zero-order valence-electron chi connectivity index (χ0n) is 10.9. The van der Waals surface area contributed by atoms with E-state index < -0.39 is 0 Å². The molecule has 21 heavy (non-hydrogen) atoms. The van der Waals surface area contributed by atoms with Crippen LogP contribution in [0.25, 0.3) is 0 Å². The van der Waals surface area contributed by atoms with Crippen LogP contribution >= 0.6 is 27.5 Å². The molecule has 0 aliphatic heterocycles. The number of rotatable bonds is 4. The summed E-state index contributed by atoms with van der Waals surface area (Å²) in [6.07, 6.45) is 1.73. The van der Waals surface area contributed by atoms with Crippen molar-refractivity contribution in [1.29, 1.82) is 0 Å². The molecule has 108 valence electrons. The molecule has 6 heteroatoms. The predicted molar refractivity (Wildman–Crippen MR) is 86.7 cm³/mol. The van der Waals surface area contributed by atoms with Crippen molar-refractivity contribution in [2.75, 3.05) is 0 Å². The number of halogens is 2. The zero-order valence-corrected chi connectivity index (χ0v) is 13.2. The molecule has 2 aromatic rings. The molecule has 0 spiro atoms. The fraction of sp³-hybridized carbons (Fsp3) is 0.0667. The summed E-state index contributed by atoms with van der Waals surface area (Å²) in [7, 11) is 0. The highest BCUT2D eigenvalue weighted by molar-refractivity contribution is 9.10. The molecule has 0 heterocycles. The van der Waals surface area contributed by atoms with Crippen LogP contribution in [-0.2, 0) is 11.2 Å². The SMILES string of the molecule is O=C(Cc1ccc(Cl)cc1)N/N=C\c1ccc(O)c(Br)c1. The average Bonchev–Trinajstić information content (AvgIpc) is 2.45. The lowest BCUT2D eigenvalue weighted by atomic mass is 10.1. The van der Waals surface area contributed by atoms with Gasteiger partial charge in [-0.1, -0.05) is 23.7 Å². The van der Waals surface area contributed by atoms with Gasteiger partial charge in [0, 0.05) is 5.02 Å². The van der Waals surface area contributed by atoms with Gasteiger partial charge in [0.15, 0.2) is 0 Å². The van der Waals surface area contributed by atoms with Gasteiger partial charge in [-0.25, -0.2) is 5.43 Å². The minimum Gasteiger partial charge on any atom is -0.507 e. The molecule has 0 aliphatic carbocycles. The number of nitrogens with one attached hydrogen (secondary N) is 1. The second-order valence-electron chi connectivity index (χ2n) is 4.31. The third-order valence-corrected chi connectivity index (χ3v) is 3.54. The van der Waals surface area contributed by atoms with Gasteiger partial charge in [-0.2, -0.15) is 5.10 Å². The second kappa shape index (κ2) is 7.24. The molecule has 0 unspecified atom stereocenters. The Hall–Kier alpha value is -1.85. The van der Waals surface area contributed by atoms with Crippen LogP contribution < -0.4 is 5.43 Å². The molecular weight excluding hydrogens is 356 g/mol. The van der Waals surface area contributed by atoms with Crippen molar-refractivity contribution < 1.29 is 9.90 Å². The summed E-state index contributed by atoms with van der Waals surface area (Å²) in [5, 5.41) is 13.9. The Bertz CT molecular complexity index is 672.